The Labute approximate surface area is 259 Å². The molecule has 8 aliphatic carbocycles. The minimum atomic E-state index is 0.962. The smallest absolute Gasteiger partial charge is 0.122 e. The number of thioether (sulfide) groups is 2. The van der Waals surface area contributed by atoms with Crippen LogP contribution in [0.3, 0.4) is 0 Å². The molecule has 0 saturated carbocycles. The minimum Gasteiger partial charge on any atom is -0.496 e. The van der Waals surface area contributed by atoms with Crippen molar-refractivity contribution in [3.63, 3.8) is 0 Å². The van der Waals surface area contributed by atoms with Crippen LogP contribution in [0.5, 0.6) is 11.5 Å². The second-order valence-corrected chi connectivity index (χ2v) is 14.0. The Morgan fingerprint density at radius 3 is 1.05 bits per heavy atom. The maximum absolute atomic E-state index is 5.85. The lowest BCUT2D eigenvalue weighted by Gasteiger charge is -2.23. The molecule has 216 valence electrons. The monoisotopic (exact) mass is 592 g/mol. The Hall–Kier alpha value is -2.82. The molecule has 4 aromatic rings. The first kappa shape index (κ1) is 28.0. The Morgan fingerprint density at radius 2 is 0.690 bits per heavy atom. The molecule has 0 aromatic heterocycles. The molecule has 4 heterocycles. The molecule has 0 unspecified atom stereocenters. The number of methoxy groups -OCH3 is 2. The number of ether oxygens (including phenoxy) is 2. The first-order chi connectivity index (χ1) is 20.7. The van der Waals surface area contributed by atoms with Gasteiger partial charge in [-0.25, -0.2) is 0 Å². The van der Waals surface area contributed by atoms with Crippen molar-refractivity contribution < 1.29 is 9.47 Å². The first-order valence-corrected chi connectivity index (χ1v) is 17.7. The van der Waals surface area contributed by atoms with E-state index in [2.05, 4.69) is 84.2 Å². The van der Waals surface area contributed by atoms with E-state index in [4.69, 9.17) is 9.47 Å². The largest absolute Gasteiger partial charge is 0.496 e. The molecule has 16 rings (SSSR count). The zero-order chi connectivity index (χ0) is 28.5. The fraction of sp³-hybridized carbons (Fsp3) is 0.368. The van der Waals surface area contributed by atoms with Crippen molar-refractivity contribution in [3.05, 3.63) is 127 Å². The van der Waals surface area contributed by atoms with Crippen molar-refractivity contribution in [1.82, 2.24) is 0 Å². The molecule has 4 aromatic carbocycles. The van der Waals surface area contributed by atoms with Gasteiger partial charge in [0.2, 0.25) is 0 Å². The zero-order valence-electron chi connectivity index (χ0n) is 24.9. The van der Waals surface area contributed by atoms with Gasteiger partial charge < -0.3 is 9.47 Å². The van der Waals surface area contributed by atoms with Gasteiger partial charge in [0.1, 0.15) is 11.5 Å². The van der Waals surface area contributed by atoms with Crippen LogP contribution in [0.25, 0.3) is 0 Å². The van der Waals surface area contributed by atoms with Crippen molar-refractivity contribution in [2.45, 2.75) is 74.4 Å². The Bertz CT molecular complexity index is 1480. The van der Waals surface area contributed by atoms with Crippen molar-refractivity contribution in [1.29, 1.82) is 0 Å². The maximum atomic E-state index is 5.85. The average Bonchev–Trinajstić information content (AvgIpc) is 3.00. The number of rotatable bonds is 2. The van der Waals surface area contributed by atoms with Crippen LogP contribution in [0.4, 0.5) is 0 Å². The third-order valence-corrected chi connectivity index (χ3v) is 11.6. The second kappa shape index (κ2) is 12.4. The predicted molar refractivity (Wildman–Crippen MR) is 179 cm³/mol. The van der Waals surface area contributed by atoms with Crippen LogP contribution < -0.4 is 9.47 Å². The van der Waals surface area contributed by atoms with Crippen LogP contribution >= 0.6 is 23.5 Å². The molecule has 12 aliphatic rings. The lowest BCUT2D eigenvalue weighted by atomic mass is 9.84. The van der Waals surface area contributed by atoms with Gasteiger partial charge in [-0.05, 0) is 130 Å². The summed E-state index contributed by atoms with van der Waals surface area (Å²) in [6, 6.07) is 24.1. The first-order valence-electron chi connectivity index (χ1n) is 15.4. The van der Waals surface area contributed by atoms with Crippen LogP contribution in [0.15, 0.2) is 60.7 Å². The normalized spacial score (nSPS) is 16.4. The molecule has 12 bridgehead atoms. The average molecular weight is 593 g/mol. The predicted octanol–water partition coefficient (Wildman–Crippen LogP) is 8.65. The molecule has 4 heteroatoms. The lowest BCUT2D eigenvalue weighted by Crippen LogP contribution is -2.11. The maximum Gasteiger partial charge on any atom is 0.122 e. The van der Waals surface area contributed by atoms with Crippen molar-refractivity contribution in [2.24, 2.45) is 0 Å². The number of hydrogen-bond acceptors (Lipinski definition) is 4. The fourth-order valence-corrected chi connectivity index (χ4v) is 9.07. The van der Waals surface area contributed by atoms with E-state index in [0.717, 1.165) is 85.9 Å². The van der Waals surface area contributed by atoms with Gasteiger partial charge in [0.05, 0.1) is 14.2 Å². The molecule has 42 heavy (non-hydrogen) atoms. The van der Waals surface area contributed by atoms with Gasteiger partial charge >= 0.3 is 0 Å². The van der Waals surface area contributed by atoms with Gasteiger partial charge in [-0.1, -0.05) is 48.5 Å². The highest BCUT2D eigenvalue weighted by Gasteiger charge is 2.20. The third-order valence-electron chi connectivity index (χ3n) is 9.46. The summed E-state index contributed by atoms with van der Waals surface area (Å²) in [4.78, 5) is 0. The van der Waals surface area contributed by atoms with Crippen molar-refractivity contribution in [2.75, 3.05) is 14.2 Å². The molecule has 4 aliphatic heterocycles. The fourth-order valence-electron chi connectivity index (χ4n) is 7.03. The van der Waals surface area contributed by atoms with E-state index in [1.165, 1.54) is 33.4 Å². The Balaban J connectivity index is 1.25. The summed E-state index contributed by atoms with van der Waals surface area (Å²) in [5, 5.41) is 0. The summed E-state index contributed by atoms with van der Waals surface area (Å²) in [7, 11) is 3.60. The van der Waals surface area contributed by atoms with Crippen LogP contribution in [0.2, 0.25) is 0 Å². The summed E-state index contributed by atoms with van der Waals surface area (Å²) >= 11 is 4.13. The van der Waals surface area contributed by atoms with E-state index in [0.29, 0.717) is 0 Å². The van der Waals surface area contributed by atoms with Crippen LogP contribution in [0, 0.1) is 0 Å². The standard InChI is InChI=1S/C38H40O2S2/c1-39-37-19-34-14-12-30-16-27-7-9-31-17-36-24-42-22-26-5-3-25(4-6-26)21-41-23-35(31)18-32(36)10-8-28(30)15-29(27)11-13-33(37)20-38(34)40-2/h3-6,15-20H,7-14,21-24H2,1-2H3. The highest BCUT2D eigenvalue weighted by atomic mass is 32.2. The van der Waals surface area contributed by atoms with Crippen molar-refractivity contribution >= 4 is 23.5 Å². The highest BCUT2D eigenvalue weighted by Crippen LogP contribution is 2.35. The minimum absolute atomic E-state index is 0.962. The van der Waals surface area contributed by atoms with Gasteiger partial charge in [0, 0.05) is 23.0 Å². The Morgan fingerprint density at radius 1 is 0.381 bits per heavy atom. The van der Waals surface area contributed by atoms with Gasteiger partial charge in [-0.2, -0.15) is 23.5 Å². The molecule has 0 radical (unpaired) electrons. The SMILES string of the molecule is COc1cc2c(OC)cc1CCc1cc3c(cc1CCc1cc4c(cc1CSCc1ccc(cc1)CSC4)CC3)CC2. The van der Waals surface area contributed by atoms with Crippen LogP contribution in [-0.2, 0) is 74.4 Å². The number of benzene rings is 4. The van der Waals surface area contributed by atoms with E-state index >= 15 is 0 Å². The molecule has 0 atom stereocenters. The van der Waals surface area contributed by atoms with E-state index in [9.17, 15) is 0 Å². The van der Waals surface area contributed by atoms with Gasteiger partial charge in [0.15, 0.2) is 0 Å². The van der Waals surface area contributed by atoms with Gasteiger partial charge in [-0.15, -0.1) is 0 Å². The summed E-state index contributed by atoms with van der Waals surface area (Å²) in [5.41, 5.74) is 17.7. The summed E-state index contributed by atoms with van der Waals surface area (Å²) in [6.45, 7) is 0. The quantitative estimate of drug-likeness (QED) is 0.232. The lowest BCUT2D eigenvalue weighted by molar-refractivity contribution is 0.394. The molecule has 0 saturated heterocycles. The van der Waals surface area contributed by atoms with E-state index in [1.807, 2.05) is 0 Å². The van der Waals surface area contributed by atoms with Gasteiger partial charge in [-0.3, -0.25) is 0 Å². The second-order valence-electron chi connectivity index (χ2n) is 12.1. The number of hydrogen-bond donors (Lipinski definition) is 0. The van der Waals surface area contributed by atoms with Crippen LogP contribution in [0.1, 0.15) is 66.8 Å². The molecule has 0 N–H and O–H groups in total. The number of aryl methyl sites for hydroxylation is 8. The van der Waals surface area contributed by atoms with E-state index in [1.54, 1.807) is 47.6 Å². The summed E-state index contributed by atoms with van der Waals surface area (Å²) in [6.07, 6.45) is 8.41. The summed E-state index contributed by atoms with van der Waals surface area (Å²) < 4.78 is 11.7. The van der Waals surface area contributed by atoms with Crippen molar-refractivity contribution in [3.8, 4) is 11.5 Å². The molecule has 0 amide bonds. The Kier molecular flexibility index (Phi) is 8.28. The molecule has 2 nitrogen and oxygen atoms in total. The highest BCUT2D eigenvalue weighted by molar-refractivity contribution is 7.98. The zero-order valence-corrected chi connectivity index (χ0v) is 26.5. The molecular weight excluding hydrogens is 553 g/mol. The molecular formula is C38H40O2S2. The molecule has 0 fully saturated rings. The van der Waals surface area contributed by atoms with Gasteiger partial charge in [0.25, 0.3) is 0 Å². The van der Waals surface area contributed by atoms with E-state index in [-0.39, 0.29) is 0 Å². The summed E-state index contributed by atoms with van der Waals surface area (Å²) in [5.74, 6) is 6.33. The molecule has 0 spiro atoms. The van der Waals surface area contributed by atoms with Crippen LogP contribution in [-0.4, -0.2) is 14.2 Å². The van der Waals surface area contributed by atoms with E-state index < -0.39 is 0 Å². The topological polar surface area (TPSA) is 18.5 Å². The third kappa shape index (κ3) is 5.85.